The van der Waals surface area contributed by atoms with E-state index in [4.69, 9.17) is 5.11 Å². The highest BCUT2D eigenvalue weighted by Gasteiger charge is 2.02. The maximum atomic E-state index is 8.75. The minimum atomic E-state index is 0.140. The van der Waals surface area contributed by atoms with Crippen molar-refractivity contribution in [1.29, 1.82) is 0 Å². The monoisotopic (exact) mass is 240 g/mol. The van der Waals surface area contributed by atoms with Gasteiger partial charge in [0.1, 0.15) is 0 Å². The number of rotatable bonds is 2. The van der Waals surface area contributed by atoms with Crippen molar-refractivity contribution in [3.63, 3.8) is 0 Å². The summed E-state index contributed by atoms with van der Waals surface area (Å²) < 4.78 is 2.91. The summed E-state index contributed by atoms with van der Waals surface area (Å²) in [7, 11) is 0. The Bertz CT molecular complexity index is 424. The maximum Gasteiger partial charge on any atom is 0.151 e. The number of aliphatic hydroxyl groups excluding tert-OH is 1. The molecule has 0 amide bonds. The van der Waals surface area contributed by atoms with Crippen LogP contribution < -0.4 is 0 Å². The van der Waals surface area contributed by atoms with Crippen LogP contribution in [0.25, 0.3) is 5.65 Å². The molecule has 13 heavy (non-hydrogen) atoms. The van der Waals surface area contributed by atoms with Gasteiger partial charge in [0, 0.05) is 25.4 Å². The molecule has 0 bridgehead atoms. The van der Waals surface area contributed by atoms with Crippen LogP contribution in [0, 0.1) is 0 Å². The summed E-state index contributed by atoms with van der Waals surface area (Å²) in [4.78, 5) is 4.36. The standard InChI is InChI=1S/C9H9BrN2O/c10-8-2-1-4-12-6-7(3-5-13)11-9(8)12/h1-2,4,6,13H,3,5H2. The topological polar surface area (TPSA) is 37.5 Å². The largest absolute Gasteiger partial charge is 0.396 e. The lowest BCUT2D eigenvalue weighted by atomic mass is 10.4. The van der Waals surface area contributed by atoms with E-state index in [0.717, 1.165) is 15.8 Å². The third-order valence-corrected chi connectivity index (χ3v) is 2.47. The van der Waals surface area contributed by atoms with E-state index in [1.165, 1.54) is 0 Å². The number of aromatic nitrogens is 2. The Kier molecular flexibility index (Phi) is 2.33. The van der Waals surface area contributed by atoms with Crippen LogP contribution in [-0.4, -0.2) is 21.1 Å². The molecule has 2 aromatic heterocycles. The van der Waals surface area contributed by atoms with Crippen LogP contribution >= 0.6 is 15.9 Å². The molecular weight excluding hydrogens is 232 g/mol. The van der Waals surface area contributed by atoms with E-state index in [1.54, 1.807) is 0 Å². The number of aliphatic hydroxyl groups is 1. The zero-order chi connectivity index (χ0) is 9.26. The molecule has 0 spiro atoms. The van der Waals surface area contributed by atoms with Gasteiger partial charge in [-0.15, -0.1) is 0 Å². The highest BCUT2D eigenvalue weighted by molar-refractivity contribution is 9.10. The maximum absolute atomic E-state index is 8.75. The molecule has 0 aliphatic rings. The van der Waals surface area contributed by atoms with Crippen molar-refractivity contribution in [3.05, 3.63) is 34.7 Å². The Labute approximate surface area is 84.2 Å². The zero-order valence-electron chi connectivity index (χ0n) is 6.94. The predicted molar refractivity (Wildman–Crippen MR) is 53.7 cm³/mol. The molecule has 0 aliphatic heterocycles. The summed E-state index contributed by atoms with van der Waals surface area (Å²) >= 11 is 3.42. The molecule has 2 heterocycles. The molecule has 0 atom stereocenters. The second kappa shape index (κ2) is 3.47. The smallest absolute Gasteiger partial charge is 0.151 e. The molecule has 68 valence electrons. The van der Waals surface area contributed by atoms with Crippen LogP contribution in [0.4, 0.5) is 0 Å². The fourth-order valence-electron chi connectivity index (χ4n) is 1.26. The fourth-order valence-corrected chi connectivity index (χ4v) is 1.71. The number of fused-ring (bicyclic) bond motifs is 1. The van der Waals surface area contributed by atoms with Crippen molar-refractivity contribution in [1.82, 2.24) is 9.38 Å². The zero-order valence-corrected chi connectivity index (χ0v) is 8.53. The SMILES string of the molecule is OCCc1cn2cccc(Br)c2n1. The molecule has 0 saturated carbocycles. The summed E-state index contributed by atoms with van der Waals surface area (Å²) in [6.45, 7) is 0.140. The first-order valence-corrected chi connectivity index (χ1v) is 4.83. The van der Waals surface area contributed by atoms with Crippen molar-refractivity contribution in [2.24, 2.45) is 0 Å². The summed E-state index contributed by atoms with van der Waals surface area (Å²) in [5.74, 6) is 0. The summed E-state index contributed by atoms with van der Waals surface area (Å²) in [6.07, 6.45) is 4.47. The minimum absolute atomic E-state index is 0.140. The molecule has 2 aromatic rings. The Morgan fingerprint density at radius 3 is 3.08 bits per heavy atom. The van der Waals surface area contributed by atoms with E-state index < -0.39 is 0 Å². The lowest BCUT2D eigenvalue weighted by molar-refractivity contribution is 0.298. The molecule has 1 N–H and O–H groups in total. The summed E-state index contributed by atoms with van der Waals surface area (Å²) in [5, 5.41) is 8.75. The van der Waals surface area contributed by atoms with Crippen molar-refractivity contribution in [2.75, 3.05) is 6.61 Å². The van der Waals surface area contributed by atoms with E-state index in [2.05, 4.69) is 20.9 Å². The van der Waals surface area contributed by atoms with E-state index >= 15 is 0 Å². The van der Waals surface area contributed by atoms with Gasteiger partial charge in [-0.05, 0) is 28.1 Å². The summed E-state index contributed by atoms with van der Waals surface area (Å²) in [5.41, 5.74) is 1.81. The minimum Gasteiger partial charge on any atom is -0.396 e. The number of hydrogen-bond acceptors (Lipinski definition) is 2. The first-order chi connectivity index (χ1) is 6.31. The second-order valence-corrected chi connectivity index (χ2v) is 3.65. The first kappa shape index (κ1) is 8.72. The normalized spacial score (nSPS) is 10.9. The molecule has 0 fully saturated rings. The van der Waals surface area contributed by atoms with Crippen LogP contribution in [0.3, 0.4) is 0 Å². The van der Waals surface area contributed by atoms with E-state index in [1.807, 2.05) is 28.9 Å². The Morgan fingerprint density at radius 2 is 2.38 bits per heavy atom. The molecule has 0 unspecified atom stereocenters. The van der Waals surface area contributed by atoms with Crippen LogP contribution in [0.15, 0.2) is 29.0 Å². The summed E-state index contributed by atoms with van der Waals surface area (Å²) in [6, 6.07) is 3.90. The Balaban J connectivity index is 2.55. The molecule has 3 nitrogen and oxygen atoms in total. The highest BCUT2D eigenvalue weighted by Crippen LogP contribution is 2.16. The third kappa shape index (κ3) is 1.59. The van der Waals surface area contributed by atoms with Gasteiger partial charge in [-0.3, -0.25) is 0 Å². The van der Waals surface area contributed by atoms with Gasteiger partial charge in [0.2, 0.25) is 0 Å². The van der Waals surface area contributed by atoms with Gasteiger partial charge in [-0.2, -0.15) is 0 Å². The number of nitrogens with zero attached hydrogens (tertiary/aromatic N) is 2. The van der Waals surface area contributed by atoms with Gasteiger partial charge in [0.15, 0.2) is 5.65 Å². The Hall–Kier alpha value is -0.870. The van der Waals surface area contributed by atoms with Crippen LogP contribution in [0.2, 0.25) is 0 Å². The van der Waals surface area contributed by atoms with Crippen LogP contribution in [0.1, 0.15) is 5.69 Å². The average molecular weight is 241 g/mol. The molecule has 0 saturated heterocycles. The quantitative estimate of drug-likeness (QED) is 0.867. The van der Waals surface area contributed by atoms with Crippen molar-refractivity contribution in [2.45, 2.75) is 6.42 Å². The van der Waals surface area contributed by atoms with Crippen LogP contribution in [-0.2, 0) is 6.42 Å². The second-order valence-electron chi connectivity index (χ2n) is 2.79. The van der Waals surface area contributed by atoms with Gasteiger partial charge < -0.3 is 9.51 Å². The lowest BCUT2D eigenvalue weighted by Crippen LogP contribution is -1.89. The number of hydrogen-bond donors (Lipinski definition) is 1. The van der Waals surface area contributed by atoms with Crippen molar-refractivity contribution >= 4 is 21.6 Å². The van der Waals surface area contributed by atoms with E-state index in [9.17, 15) is 0 Å². The van der Waals surface area contributed by atoms with E-state index in [-0.39, 0.29) is 6.61 Å². The highest BCUT2D eigenvalue weighted by atomic mass is 79.9. The van der Waals surface area contributed by atoms with Crippen molar-refractivity contribution < 1.29 is 5.11 Å². The molecule has 2 rings (SSSR count). The van der Waals surface area contributed by atoms with Gasteiger partial charge in [-0.25, -0.2) is 4.98 Å². The molecule has 0 aromatic carbocycles. The van der Waals surface area contributed by atoms with Gasteiger partial charge >= 0.3 is 0 Å². The molecule has 0 aliphatic carbocycles. The van der Waals surface area contributed by atoms with Gasteiger partial charge in [-0.1, -0.05) is 0 Å². The molecule has 0 radical (unpaired) electrons. The average Bonchev–Trinajstić information content (AvgIpc) is 2.49. The van der Waals surface area contributed by atoms with Crippen LogP contribution in [0.5, 0.6) is 0 Å². The van der Waals surface area contributed by atoms with Gasteiger partial charge in [0.25, 0.3) is 0 Å². The van der Waals surface area contributed by atoms with Crippen molar-refractivity contribution in [3.8, 4) is 0 Å². The number of pyridine rings is 1. The first-order valence-electron chi connectivity index (χ1n) is 4.04. The number of imidazole rings is 1. The van der Waals surface area contributed by atoms with Gasteiger partial charge in [0.05, 0.1) is 10.2 Å². The predicted octanol–water partition coefficient (Wildman–Crippen LogP) is 1.63. The fraction of sp³-hybridized carbons (Fsp3) is 0.222. The molecular formula is C9H9BrN2O. The Morgan fingerprint density at radius 1 is 1.54 bits per heavy atom. The third-order valence-electron chi connectivity index (χ3n) is 1.85. The van der Waals surface area contributed by atoms with E-state index in [0.29, 0.717) is 6.42 Å². The lowest BCUT2D eigenvalue weighted by Gasteiger charge is -1.92. The number of halogens is 1. The molecule has 4 heteroatoms.